The highest BCUT2D eigenvalue weighted by Crippen LogP contribution is 2.41. The van der Waals surface area contributed by atoms with Crippen LogP contribution in [-0.2, 0) is 0 Å². The lowest BCUT2D eigenvalue weighted by molar-refractivity contribution is 0.149. The van der Waals surface area contributed by atoms with E-state index in [2.05, 4.69) is 33.4 Å². The van der Waals surface area contributed by atoms with Crippen molar-refractivity contribution in [2.24, 2.45) is 23.7 Å². The Morgan fingerprint density at radius 3 is 2.44 bits per heavy atom. The van der Waals surface area contributed by atoms with Gasteiger partial charge in [-0.25, -0.2) is 0 Å². The fraction of sp³-hybridized carbons (Fsp3) is 0.889. The molecule has 0 aromatic rings. The molecule has 1 fully saturated rings. The van der Waals surface area contributed by atoms with E-state index in [-0.39, 0.29) is 0 Å². The third-order valence-corrected chi connectivity index (χ3v) is 5.16. The van der Waals surface area contributed by atoms with Gasteiger partial charge in [-0.05, 0) is 42.9 Å². The van der Waals surface area contributed by atoms with Crippen LogP contribution in [0.4, 0.5) is 0 Å². The quantitative estimate of drug-likeness (QED) is 0.354. The first kappa shape index (κ1) is 15.8. The minimum absolute atomic E-state index is 0.800. The summed E-state index contributed by atoms with van der Waals surface area (Å²) in [7, 11) is 0. The van der Waals surface area contributed by atoms with Gasteiger partial charge in [0.15, 0.2) is 0 Å². The maximum absolute atomic E-state index is 4.05. The molecule has 1 saturated carbocycles. The van der Waals surface area contributed by atoms with Crippen LogP contribution >= 0.6 is 0 Å². The SMILES string of the molecule is C=CC1CC(CC)C[C@H]([C@H](CC)CCCCC)C1. The number of unbranched alkanes of at least 4 members (excludes halogenated alkanes) is 2. The van der Waals surface area contributed by atoms with Crippen molar-refractivity contribution in [2.45, 2.75) is 78.6 Å². The van der Waals surface area contributed by atoms with Gasteiger partial charge in [-0.3, -0.25) is 0 Å². The minimum Gasteiger partial charge on any atom is -0.103 e. The molecule has 0 amide bonds. The van der Waals surface area contributed by atoms with Crippen LogP contribution in [0.5, 0.6) is 0 Å². The van der Waals surface area contributed by atoms with Crippen molar-refractivity contribution in [3.8, 4) is 0 Å². The van der Waals surface area contributed by atoms with Crippen LogP contribution in [0, 0.1) is 23.7 Å². The first-order valence-electron chi connectivity index (χ1n) is 8.37. The molecule has 0 spiro atoms. The van der Waals surface area contributed by atoms with Gasteiger partial charge in [0.2, 0.25) is 0 Å². The zero-order chi connectivity index (χ0) is 13.4. The zero-order valence-electron chi connectivity index (χ0n) is 13.0. The second kappa shape index (κ2) is 8.77. The Hall–Kier alpha value is -0.260. The second-order valence-electron chi connectivity index (χ2n) is 6.40. The van der Waals surface area contributed by atoms with Crippen LogP contribution in [0.2, 0.25) is 0 Å². The van der Waals surface area contributed by atoms with Gasteiger partial charge in [0.1, 0.15) is 0 Å². The van der Waals surface area contributed by atoms with Crippen LogP contribution in [0.1, 0.15) is 78.6 Å². The van der Waals surface area contributed by atoms with Gasteiger partial charge >= 0.3 is 0 Å². The van der Waals surface area contributed by atoms with Crippen molar-refractivity contribution < 1.29 is 0 Å². The molecule has 0 saturated heterocycles. The Morgan fingerprint density at radius 1 is 1.11 bits per heavy atom. The van der Waals surface area contributed by atoms with Crippen molar-refractivity contribution in [1.82, 2.24) is 0 Å². The Bertz CT molecular complexity index is 218. The average molecular weight is 250 g/mol. The number of hydrogen-bond acceptors (Lipinski definition) is 0. The molecule has 0 aromatic heterocycles. The Balaban J connectivity index is 2.51. The largest absolute Gasteiger partial charge is 0.103 e. The van der Waals surface area contributed by atoms with Crippen LogP contribution < -0.4 is 0 Å². The lowest BCUT2D eigenvalue weighted by Crippen LogP contribution is -2.27. The molecular weight excluding hydrogens is 216 g/mol. The lowest BCUT2D eigenvalue weighted by atomic mass is 9.68. The maximum atomic E-state index is 4.05. The van der Waals surface area contributed by atoms with Crippen LogP contribution in [0.15, 0.2) is 12.7 Å². The van der Waals surface area contributed by atoms with E-state index in [1.165, 1.54) is 57.8 Å². The molecule has 0 aliphatic heterocycles. The van der Waals surface area contributed by atoms with Gasteiger partial charge in [0.05, 0.1) is 0 Å². The molecule has 0 nitrogen and oxygen atoms in total. The molecule has 106 valence electrons. The minimum atomic E-state index is 0.800. The fourth-order valence-corrected chi connectivity index (χ4v) is 3.87. The van der Waals surface area contributed by atoms with E-state index in [1.54, 1.807) is 0 Å². The lowest BCUT2D eigenvalue weighted by Gasteiger charge is -2.37. The summed E-state index contributed by atoms with van der Waals surface area (Å²) in [6.07, 6.45) is 15.0. The van der Waals surface area contributed by atoms with Crippen molar-refractivity contribution in [3.05, 3.63) is 12.7 Å². The second-order valence-corrected chi connectivity index (χ2v) is 6.40. The number of hydrogen-bond donors (Lipinski definition) is 0. The molecule has 0 aromatic carbocycles. The molecule has 0 bridgehead atoms. The summed E-state index contributed by atoms with van der Waals surface area (Å²) in [5, 5.41) is 0. The van der Waals surface area contributed by atoms with E-state index in [0.29, 0.717) is 0 Å². The highest BCUT2D eigenvalue weighted by molar-refractivity contribution is 4.89. The molecule has 4 atom stereocenters. The van der Waals surface area contributed by atoms with Gasteiger partial charge in [0.25, 0.3) is 0 Å². The predicted octanol–water partition coefficient (Wildman–Crippen LogP) is 6.22. The van der Waals surface area contributed by atoms with Gasteiger partial charge in [-0.2, -0.15) is 0 Å². The zero-order valence-corrected chi connectivity index (χ0v) is 13.0. The Kier molecular flexibility index (Phi) is 7.70. The van der Waals surface area contributed by atoms with Gasteiger partial charge in [-0.15, -0.1) is 6.58 Å². The normalized spacial score (nSPS) is 30.1. The van der Waals surface area contributed by atoms with Gasteiger partial charge in [-0.1, -0.05) is 65.4 Å². The van der Waals surface area contributed by atoms with Crippen LogP contribution in [-0.4, -0.2) is 0 Å². The maximum Gasteiger partial charge on any atom is -0.0231 e. The first-order valence-corrected chi connectivity index (χ1v) is 8.37. The van der Waals surface area contributed by atoms with E-state index in [0.717, 1.165) is 23.7 Å². The molecule has 1 aliphatic rings. The molecule has 0 N–H and O–H groups in total. The first-order chi connectivity index (χ1) is 8.74. The van der Waals surface area contributed by atoms with E-state index >= 15 is 0 Å². The average Bonchev–Trinajstić information content (AvgIpc) is 2.43. The molecule has 18 heavy (non-hydrogen) atoms. The number of allylic oxidation sites excluding steroid dienone is 1. The van der Waals surface area contributed by atoms with Crippen LogP contribution in [0.25, 0.3) is 0 Å². The molecule has 1 rings (SSSR count). The smallest absolute Gasteiger partial charge is 0.0231 e. The standard InChI is InChI=1S/C18H34/c1-5-9-10-11-17(8-4)18-13-15(6-2)12-16(7-3)14-18/h6,15-18H,2,5,7-14H2,1,3-4H3/t15?,16?,17-,18-/m1/s1. The monoisotopic (exact) mass is 250 g/mol. The van der Waals surface area contributed by atoms with Crippen LogP contribution in [0.3, 0.4) is 0 Å². The molecule has 0 radical (unpaired) electrons. The third-order valence-electron chi connectivity index (χ3n) is 5.16. The van der Waals surface area contributed by atoms with Crippen molar-refractivity contribution in [3.63, 3.8) is 0 Å². The predicted molar refractivity (Wildman–Crippen MR) is 82.7 cm³/mol. The van der Waals surface area contributed by atoms with Crippen molar-refractivity contribution >= 4 is 0 Å². The van der Waals surface area contributed by atoms with Gasteiger partial charge < -0.3 is 0 Å². The molecular formula is C18H34. The van der Waals surface area contributed by atoms with E-state index in [4.69, 9.17) is 0 Å². The van der Waals surface area contributed by atoms with E-state index in [1.807, 2.05) is 0 Å². The van der Waals surface area contributed by atoms with Crippen molar-refractivity contribution in [1.29, 1.82) is 0 Å². The molecule has 1 aliphatic carbocycles. The summed E-state index contributed by atoms with van der Waals surface area (Å²) >= 11 is 0. The van der Waals surface area contributed by atoms with Gasteiger partial charge in [0, 0.05) is 0 Å². The van der Waals surface area contributed by atoms with E-state index in [9.17, 15) is 0 Å². The number of rotatable bonds is 8. The summed E-state index contributed by atoms with van der Waals surface area (Å²) in [5.74, 6) is 3.72. The summed E-state index contributed by atoms with van der Waals surface area (Å²) < 4.78 is 0. The molecule has 0 heterocycles. The fourth-order valence-electron chi connectivity index (χ4n) is 3.87. The van der Waals surface area contributed by atoms with Crippen molar-refractivity contribution in [2.75, 3.05) is 0 Å². The molecule has 0 heteroatoms. The summed E-state index contributed by atoms with van der Waals surface area (Å²) in [6, 6.07) is 0. The summed E-state index contributed by atoms with van der Waals surface area (Å²) in [4.78, 5) is 0. The Morgan fingerprint density at radius 2 is 1.89 bits per heavy atom. The topological polar surface area (TPSA) is 0 Å². The summed E-state index contributed by atoms with van der Waals surface area (Å²) in [6.45, 7) is 11.1. The third kappa shape index (κ3) is 4.78. The summed E-state index contributed by atoms with van der Waals surface area (Å²) in [5.41, 5.74) is 0. The van der Waals surface area contributed by atoms with E-state index < -0.39 is 0 Å². The Labute approximate surface area is 115 Å². The highest BCUT2D eigenvalue weighted by Gasteiger charge is 2.30. The highest BCUT2D eigenvalue weighted by atomic mass is 14.4. The molecule has 2 unspecified atom stereocenters.